The van der Waals surface area contributed by atoms with Gasteiger partial charge < -0.3 is 76.5 Å². The van der Waals surface area contributed by atoms with Crippen molar-refractivity contribution in [2.45, 2.75) is 152 Å². The molecule has 3 saturated heterocycles. The molecular weight excluding hydrogens is 1230 g/mol. The number of aliphatic hydroxyl groups is 2. The minimum Gasteiger partial charge on any atom is -0.387 e. The second kappa shape index (κ2) is 36.8. The minimum atomic E-state index is -1.50. The number of aliphatic hydroxyl groups excluding tert-OH is 2. The molecule has 16 nitrogen and oxygen atoms in total. The zero-order valence-corrected chi connectivity index (χ0v) is 54.2. The van der Waals surface area contributed by atoms with Crippen LogP contribution in [0.25, 0.3) is 0 Å². The molecule has 3 heterocycles. The van der Waals surface area contributed by atoms with Crippen molar-refractivity contribution < 1.29 is 76.5 Å². The van der Waals surface area contributed by atoms with Gasteiger partial charge in [0, 0.05) is 0 Å². The molecule has 16 heteroatoms. The molecule has 0 amide bonds. The maximum absolute atomic E-state index is 13.1. The normalized spacial score (nSPS) is 25.7. The third-order valence-electron chi connectivity index (χ3n) is 17.3. The van der Waals surface area contributed by atoms with Gasteiger partial charge in [0.2, 0.25) is 0 Å². The Bertz CT molecular complexity index is 3590. The summed E-state index contributed by atoms with van der Waals surface area (Å²) in [5, 5.41) is 25.4. The smallest absolute Gasteiger partial charge is 0.187 e. The van der Waals surface area contributed by atoms with Gasteiger partial charge in [0.15, 0.2) is 18.9 Å². The first-order valence-corrected chi connectivity index (χ1v) is 33.4. The molecule has 3 aliphatic rings. The quantitative estimate of drug-likeness (QED) is 0.0390. The number of ether oxygens (including phenoxy) is 14. The lowest BCUT2D eigenvalue weighted by atomic mass is 9.95. The second-order valence-corrected chi connectivity index (χ2v) is 24.4. The molecule has 0 radical (unpaired) electrons. The van der Waals surface area contributed by atoms with Crippen LogP contribution in [0.15, 0.2) is 273 Å². The molecule has 97 heavy (non-hydrogen) atoms. The fourth-order valence-corrected chi connectivity index (χ4v) is 12.2. The van der Waals surface area contributed by atoms with E-state index in [-0.39, 0.29) is 79.3 Å². The monoisotopic (exact) mass is 1310 g/mol. The van der Waals surface area contributed by atoms with Gasteiger partial charge in [0.1, 0.15) is 73.2 Å². The fraction of sp³-hybridized carbons (Fsp3) is 0.333. The van der Waals surface area contributed by atoms with Crippen molar-refractivity contribution in [3.8, 4) is 0 Å². The van der Waals surface area contributed by atoms with Crippen molar-refractivity contribution in [1.82, 2.24) is 0 Å². The van der Waals surface area contributed by atoms with Crippen LogP contribution >= 0.6 is 0 Å². The van der Waals surface area contributed by atoms with Gasteiger partial charge in [-0.2, -0.15) is 0 Å². The highest BCUT2D eigenvalue weighted by Crippen LogP contribution is 2.39. The predicted octanol–water partition coefficient (Wildman–Crippen LogP) is 12.4. The van der Waals surface area contributed by atoms with Crippen LogP contribution in [-0.2, 0) is 126 Å². The summed E-state index contributed by atoms with van der Waals surface area (Å²) in [5.74, 6) is 0. The standard InChI is InChI=1S/C81H86O16/c82-70-71(87-49-61-34-16-4-17-35-61)67(55-84-46-58-28-10-1-11-29-58)94-80(74(70)88-50-62-36-18-5-19-37-62)96-73-69(57-86-48-60-32-14-3-15-33-60)95-81(78(92-54-66-44-26-9-27-45-66)76(73)90-52-64-40-22-7-23-41-64)97-72-68(56-85-47-59-30-12-2-13-31-59)93-79(83)77(91-53-65-42-24-8-25-43-65)75(72)89-51-63-38-20-6-21-39-63/h1-45,67-83H,46-57H2/t67-,68-,69-,70+,71+,72-,73+,74-,75+,76+,77-,78-,79-,80-,81+/m1/s1. The minimum absolute atomic E-state index is 0.00602. The lowest BCUT2D eigenvalue weighted by Crippen LogP contribution is -2.68. The molecule has 0 unspecified atom stereocenters. The summed E-state index contributed by atoms with van der Waals surface area (Å²) in [5.41, 5.74) is 8.06. The first kappa shape index (κ1) is 69.2. The largest absolute Gasteiger partial charge is 0.387 e. The van der Waals surface area contributed by atoms with Crippen LogP contribution in [0.4, 0.5) is 0 Å². The van der Waals surface area contributed by atoms with E-state index in [2.05, 4.69) is 0 Å². The van der Waals surface area contributed by atoms with E-state index >= 15 is 0 Å². The van der Waals surface area contributed by atoms with Crippen molar-refractivity contribution in [1.29, 1.82) is 0 Å². The highest BCUT2D eigenvalue weighted by Gasteiger charge is 2.57. The van der Waals surface area contributed by atoms with E-state index in [4.69, 9.17) is 66.3 Å². The van der Waals surface area contributed by atoms with Gasteiger partial charge in [-0.1, -0.05) is 273 Å². The SMILES string of the molecule is O[C@H]1[C@@H](OCc2ccccc2)[C@@H](COCc2ccccc2)O[C@H](O[C@@H]2[C@H](OCc3ccccc3)[C@@H](OCc3ccccc3)[C@H](O[C@H]3[C@H](OCc4ccccc4)[C@@H](OCc4ccccc4)[C@H](O)O[C@@H]3COCc3ccccc3)O[C@@H]2COCc2ccccc2)[C@@H]1OCc1ccccc1. The van der Waals surface area contributed by atoms with Gasteiger partial charge >= 0.3 is 0 Å². The molecule has 0 aliphatic carbocycles. The lowest BCUT2D eigenvalue weighted by molar-refractivity contribution is -0.392. The average Bonchev–Trinajstić information content (AvgIpc) is 0.798. The van der Waals surface area contributed by atoms with Crippen LogP contribution in [0.1, 0.15) is 50.1 Å². The van der Waals surface area contributed by atoms with E-state index < -0.39 is 92.1 Å². The first-order valence-electron chi connectivity index (χ1n) is 33.4. The summed E-state index contributed by atoms with van der Waals surface area (Å²) < 4.78 is 98.3. The topological polar surface area (TPSA) is 170 Å². The highest BCUT2D eigenvalue weighted by atomic mass is 16.8. The molecule has 9 aromatic rings. The Kier molecular flexibility index (Phi) is 26.3. The number of benzene rings is 9. The second-order valence-electron chi connectivity index (χ2n) is 24.4. The number of hydrogen-bond acceptors (Lipinski definition) is 16. The molecule has 0 bridgehead atoms. The van der Waals surface area contributed by atoms with Crippen LogP contribution in [-0.4, -0.2) is 122 Å². The number of hydrogen-bond donors (Lipinski definition) is 2. The Morgan fingerprint density at radius 3 is 0.773 bits per heavy atom. The molecule has 2 N–H and O–H groups in total. The summed E-state index contributed by atoms with van der Waals surface area (Å²) in [6, 6.07) is 88.2. The first-order chi connectivity index (χ1) is 47.9. The molecule has 15 atom stereocenters. The van der Waals surface area contributed by atoms with Crippen LogP contribution in [0.2, 0.25) is 0 Å². The predicted molar refractivity (Wildman–Crippen MR) is 362 cm³/mol. The molecular formula is C81H86O16. The molecule has 9 aromatic carbocycles. The Balaban J connectivity index is 0.951. The van der Waals surface area contributed by atoms with E-state index in [1.54, 1.807) is 0 Å². The molecule has 506 valence electrons. The van der Waals surface area contributed by atoms with Crippen molar-refractivity contribution in [2.75, 3.05) is 19.8 Å². The van der Waals surface area contributed by atoms with Crippen LogP contribution in [0.3, 0.4) is 0 Å². The zero-order chi connectivity index (χ0) is 66.1. The van der Waals surface area contributed by atoms with E-state index in [9.17, 15) is 10.2 Å². The van der Waals surface area contributed by atoms with Gasteiger partial charge in [0.05, 0.1) is 79.3 Å². The molecule has 0 spiro atoms. The van der Waals surface area contributed by atoms with Crippen molar-refractivity contribution >= 4 is 0 Å². The molecule has 12 rings (SSSR count). The fourth-order valence-electron chi connectivity index (χ4n) is 12.2. The third kappa shape index (κ3) is 20.2. The van der Waals surface area contributed by atoms with E-state index in [0.29, 0.717) is 0 Å². The van der Waals surface area contributed by atoms with Crippen molar-refractivity contribution in [3.05, 3.63) is 323 Å². The van der Waals surface area contributed by atoms with E-state index in [1.807, 2.05) is 273 Å². The summed E-state index contributed by atoms with van der Waals surface area (Å²) >= 11 is 0. The van der Waals surface area contributed by atoms with Gasteiger partial charge in [0.25, 0.3) is 0 Å². The number of rotatable bonds is 34. The Hall–Kier alpha value is -7.66. The molecule has 0 saturated carbocycles. The van der Waals surface area contributed by atoms with Gasteiger partial charge in [-0.05, 0) is 50.1 Å². The Labute approximate surface area is 568 Å². The maximum atomic E-state index is 13.1. The Morgan fingerprint density at radius 2 is 0.454 bits per heavy atom. The molecule has 3 fully saturated rings. The summed E-state index contributed by atoms with van der Waals surface area (Å²) in [6.07, 6.45) is -17.2. The van der Waals surface area contributed by atoms with Gasteiger partial charge in [-0.15, -0.1) is 0 Å². The molecule has 0 aromatic heterocycles. The average molecular weight is 1320 g/mol. The highest BCUT2D eigenvalue weighted by molar-refractivity contribution is 5.21. The third-order valence-corrected chi connectivity index (χ3v) is 17.3. The summed E-state index contributed by atoms with van der Waals surface area (Å²) in [6.45, 7) is 1.23. The van der Waals surface area contributed by atoms with Crippen molar-refractivity contribution in [3.63, 3.8) is 0 Å². The van der Waals surface area contributed by atoms with Crippen LogP contribution in [0.5, 0.6) is 0 Å². The zero-order valence-electron chi connectivity index (χ0n) is 54.2. The van der Waals surface area contributed by atoms with Gasteiger partial charge in [-0.25, -0.2) is 0 Å². The van der Waals surface area contributed by atoms with E-state index in [1.165, 1.54) is 0 Å². The van der Waals surface area contributed by atoms with Crippen molar-refractivity contribution in [2.24, 2.45) is 0 Å². The lowest BCUT2D eigenvalue weighted by Gasteiger charge is -2.51. The Morgan fingerprint density at radius 1 is 0.227 bits per heavy atom. The van der Waals surface area contributed by atoms with Crippen LogP contribution < -0.4 is 0 Å². The van der Waals surface area contributed by atoms with Crippen LogP contribution in [0, 0.1) is 0 Å². The van der Waals surface area contributed by atoms with Gasteiger partial charge in [-0.3, -0.25) is 0 Å². The van der Waals surface area contributed by atoms with E-state index in [0.717, 1.165) is 50.1 Å². The molecule has 3 aliphatic heterocycles. The summed E-state index contributed by atoms with van der Waals surface area (Å²) in [4.78, 5) is 0. The maximum Gasteiger partial charge on any atom is 0.187 e. The summed E-state index contributed by atoms with van der Waals surface area (Å²) in [7, 11) is 0.